The molecule has 0 aliphatic carbocycles. The van der Waals surface area contributed by atoms with Crippen LogP contribution < -0.4 is 10.2 Å². The molecule has 2 N–H and O–H groups in total. The molecule has 0 saturated heterocycles. The van der Waals surface area contributed by atoms with E-state index < -0.39 is 0 Å². The van der Waals surface area contributed by atoms with Crippen molar-refractivity contribution < 1.29 is 5.11 Å². The van der Waals surface area contributed by atoms with E-state index in [2.05, 4.69) is 30.1 Å². The van der Waals surface area contributed by atoms with Crippen LogP contribution >= 0.6 is 11.6 Å². The molecule has 0 aliphatic heterocycles. The maximum atomic E-state index is 8.97. The molecular formula is C14H23ClN2O. The maximum absolute atomic E-state index is 8.97. The zero-order valence-electron chi connectivity index (χ0n) is 11.2. The fourth-order valence-electron chi connectivity index (χ4n) is 2.01. The first kappa shape index (κ1) is 15.3. The highest BCUT2D eigenvalue weighted by Crippen LogP contribution is 2.30. The molecule has 0 atom stereocenters. The number of hydrogen-bond acceptors (Lipinski definition) is 3. The van der Waals surface area contributed by atoms with Crippen LogP contribution in [-0.4, -0.2) is 31.3 Å². The van der Waals surface area contributed by atoms with Crippen LogP contribution in [0.15, 0.2) is 18.2 Å². The molecule has 3 nitrogen and oxygen atoms in total. The Bertz CT molecular complexity index is 358. The van der Waals surface area contributed by atoms with Crippen LogP contribution in [0.3, 0.4) is 0 Å². The minimum absolute atomic E-state index is 0.212. The number of rotatable bonds is 8. The lowest BCUT2D eigenvalue weighted by atomic mass is 10.1. The van der Waals surface area contributed by atoms with Gasteiger partial charge in [-0.15, -0.1) is 0 Å². The fourth-order valence-corrected chi connectivity index (χ4v) is 2.32. The van der Waals surface area contributed by atoms with Gasteiger partial charge in [0.1, 0.15) is 0 Å². The van der Waals surface area contributed by atoms with Gasteiger partial charge in [0.05, 0.1) is 10.7 Å². The van der Waals surface area contributed by atoms with Crippen molar-refractivity contribution >= 4 is 17.3 Å². The van der Waals surface area contributed by atoms with Gasteiger partial charge < -0.3 is 15.3 Å². The summed E-state index contributed by atoms with van der Waals surface area (Å²) in [4.78, 5) is 2.23. The number of nitrogens with zero attached hydrogens (tertiary/aromatic N) is 1. The van der Waals surface area contributed by atoms with Crippen LogP contribution in [-0.2, 0) is 6.54 Å². The number of nitrogens with one attached hydrogen (secondary N) is 1. The molecule has 0 bridgehead atoms. The van der Waals surface area contributed by atoms with Crippen molar-refractivity contribution in [2.45, 2.75) is 26.8 Å². The third kappa shape index (κ3) is 4.16. The second-order valence-corrected chi connectivity index (χ2v) is 4.59. The molecule has 1 rings (SSSR count). The zero-order valence-corrected chi connectivity index (χ0v) is 12.0. The van der Waals surface area contributed by atoms with Crippen molar-refractivity contribution in [2.24, 2.45) is 0 Å². The van der Waals surface area contributed by atoms with E-state index in [1.807, 2.05) is 12.1 Å². The smallest absolute Gasteiger partial charge is 0.0642 e. The van der Waals surface area contributed by atoms with Gasteiger partial charge in [-0.3, -0.25) is 0 Å². The topological polar surface area (TPSA) is 35.5 Å². The van der Waals surface area contributed by atoms with E-state index in [1.165, 1.54) is 5.56 Å². The first-order valence-corrected chi connectivity index (χ1v) is 6.96. The summed E-state index contributed by atoms with van der Waals surface area (Å²) in [6.45, 7) is 7.89. The van der Waals surface area contributed by atoms with E-state index in [0.717, 1.165) is 43.3 Å². The Labute approximate surface area is 115 Å². The number of aliphatic hydroxyl groups excluding tert-OH is 1. The molecule has 0 aromatic heterocycles. The van der Waals surface area contributed by atoms with Gasteiger partial charge in [-0.1, -0.05) is 30.7 Å². The van der Waals surface area contributed by atoms with Crippen LogP contribution in [0.1, 0.15) is 25.8 Å². The summed E-state index contributed by atoms with van der Waals surface area (Å²) in [7, 11) is 0. The molecule has 0 fully saturated rings. The number of hydrogen-bond donors (Lipinski definition) is 2. The molecule has 0 saturated carbocycles. The molecule has 0 unspecified atom stereocenters. The van der Waals surface area contributed by atoms with E-state index in [-0.39, 0.29) is 6.61 Å². The number of anilines is 1. The SMILES string of the molecule is CCNCc1cccc(Cl)c1N(CC)CCCO. The van der Waals surface area contributed by atoms with Crippen molar-refractivity contribution in [2.75, 3.05) is 31.1 Å². The van der Waals surface area contributed by atoms with Crippen molar-refractivity contribution in [1.29, 1.82) is 0 Å². The Balaban J connectivity index is 2.94. The molecule has 0 radical (unpaired) electrons. The molecule has 102 valence electrons. The van der Waals surface area contributed by atoms with E-state index in [1.54, 1.807) is 0 Å². The first-order valence-electron chi connectivity index (χ1n) is 6.58. The van der Waals surface area contributed by atoms with E-state index in [0.29, 0.717) is 0 Å². The van der Waals surface area contributed by atoms with Gasteiger partial charge in [-0.05, 0) is 31.5 Å². The first-order chi connectivity index (χ1) is 8.74. The van der Waals surface area contributed by atoms with E-state index in [9.17, 15) is 0 Å². The zero-order chi connectivity index (χ0) is 13.4. The average molecular weight is 271 g/mol. The molecule has 0 spiro atoms. The number of para-hydroxylation sites is 1. The third-order valence-electron chi connectivity index (χ3n) is 2.92. The van der Waals surface area contributed by atoms with Crippen molar-refractivity contribution in [3.63, 3.8) is 0 Å². The summed E-state index contributed by atoms with van der Waals surface area (Å²) in [5, 5.41) is 13.1. The van der Waals surface area contributed by atoms with Crippen LogP contribution in [0.5, 0.6) is 0 Å². The average Bonchev–Trinajstić information content (AvgIpc) is 2.39. The van der Waals surface area contributed by atoms with Gasteiger partial charge in [0, 0.05) is 26.2 Å². The second kappa shape index (κ2) is 8.35. The Morgan fingerprint density at radius 3 is 2.72 bits per heavy atom. The van der Waals surface area contributed by atoms with Crippen LogP contribution in [0.2, 0.25) is 5.02 Å². The predicted molar refractivity (Wildman–Crippen MR) is 78.4 cm³/mol. The minimum atomic E-state index is 0.212. The number of aliphatic hydroxyl groups is 1. The lowest BCUT2D eigenvalue weighted by Gasteiger charge is -2.26. The van der Waals surface area contributed by atoms with Gasteiger partial charge in [0.15, 0.2) is 0 Å². The summed E-state index contributed by atoms with van der Waals surface area (Å²) in [5.74, 6) is 0. The van der Waals surface area contributed by atoms with Crippen molar-refractivity contribution in [3.05, 3.63) is 28.8 Å². The van der Waals surface area contributed by atoms with Gasteiger partial charge >= 0.3 is 0 Å². The summed E-state index contributed by atoms with van der Waals surface area (Å²) in [6.07, 6.45) is 0.764. The highest BCUT2D eigenvalue weighted by atomic mass is 35.5. The Kier molecular flexibility index (Phi) is 7.09. The van der Waals surface area contributed by atoms with E-state index in [4.69, 9.17) is 16.7 Å². The van der Waals surface area contributed by atoms with Crippen LogP contribution in [0.4, 0.5) is 5.69 Å². The summed E-state index contributed by atoms with van der Waals surface area (Å²) >= 11 is 6.33. The molecule has 18 heavy (non-hydrogen) atoms. The molecule has 4 heteroatoms. The van der Waals surface area contributed by atoms with Gasteiger partial charge in [-0.25, -0.2) is 0 Å². The summed E-state index contributed by atoms with van der Waals surface area (Å²) in [5.41, 5.74) is 2.31. The number of halogens is 1. The lowest BCUT2D eigenvalue weighted by Crippen LogP contribution is -2.27. The summed E-state index contributed by atoms with van der Waals surface area (Å²) in [6, 6.07) is 6.01. The molecule has 0 heterocycles. The predicted octanol–water partition coefficient (Wildman–Crippen LogP) is 2.66. The quantitative estimate of drug-likeness (QED) is 0.762. The third-order valence-corrected chi connectivity index (χ3v) is 3.22. The standard InChI is InChI=1S/C14H23ClN2O/c1-3-16-11-12-7-5-8-13(15)14(12)17(4-2)9-6-10-18/h5,7-8,16,18H,3-4,6,9-11H2,1-2H3. The molecule has 1 aromatic rings. The highest BCUT2D eigenvalue weighted by molar-refractivity contribution is 6.33. The highest BCUT2D eigenvalue weighted by Gasteiger charge is 2.13. The fraction of sp³-hybridized carbons (Fsp3) is 0.571. The van der Waals surface area contributed by atoms with E-state index >= 15 is 0 Å². The monoisotopic (exact) mass is 270 g/mol. The largest absolute Gasteiger partial charge is 0.396 e. The van der Waals surface area contributed by atoms with Crippen LogP contribution in [0, 0.1) is 0 Å². The summed E-state index contributed by atoms with van der Waals surface area (Å²) < 4.78 is 0. The Hall–Kier alpha value is -0.770. The molecule has 0 aliphatic rings. The van der Waals surface area contributed by atoms with Gasteiger partial charge in [0.25, 0.3) is 0 Å². The van der Waals surface area contributed by atoms with Gasteiger partial charge in [-0.2, -0.15) is 0 Å². The normalized spacial score (nSPS) is 10.7. The molecular weight excluding hydrogens is 248 g/mol. The number of benzene rings is 1. The van der Waals surface area contributed by atoms with Crippen molar-refractivity contribution in [3.8, 4) is 0 Å². The lowest BCUT2D eigenvalue weighted by molar-refractivity contribution is 0.289. The maximum Gasteiger partial charge on any atom is 0.0642 e. The molecule has 1 aromatic carbocycles. The van der Waals surface area contributed by atoms with Crippen molar-refractivity contribution in [1.82, 2.24) is 5.32 Å². The van der Waals surface area contributed by atoms with Gasteiger partial charge in [0.2, 0.25) is 0 Å². The Morgan fingerprint density at radius 2 is 2.11 bits per heavy atom. The van der Waals surface area contributed by atoms with Crippen LogP contribution in [0.25, 0.3) is 0 Å². The molecule has 0 amide bonds. The Morgan fingerprint density at radius 1 is 1.33 bits per heavy atom. The second-order valence-electron chi connectivity index (χ2n) is 4.18. The minimum Gasteiger partial charge on any atom is -0.396 e.